The number of carbonyl (C=O) groups is 2. The molecule has 2 atom stereocenters. The van der Waals surface area contributed by atoms with Crippen LogP contribution in [0.1, 0.15) is 79.1 Å². The summed E-state index contributed by atoms with van der Waals surface area (Å²) in [4.78, 5) is 20.7. The van der Waals surface area contributed by atoms with Crippen molar-refractivity contribution in [3.05, 3.63) is 0 Å². The molecule has 6 nitrogen and oxygen atoms in total. The normalized spacial score (nSPS) is 15.2. The molecule has 0 heterocycles. The minimum Gasteiger partial charge on any atom is -0.845 e. The fourth-order valence-corrected chi connectivity index (χ4v) is 1.77. The summed E-state index contributed by atoms with van der Waals surface area (Å²) in [6.45, 7) is 7.01. The van der Waals surface area contributed by atoms with Gasteiger partial charge in [-0.05, 0) is 0 Å². The molecule has 23 heavy (non-hydrogen) atoms. The molecule has 0 aliphatic carbocycles. The number of hydrogen-bond donors (Lipinski definition) is 0. The first kappa shape index (κ1) is 27.4. The predicted molar refractivity (Wildman–Crippen MR) is 75.1 cm³/mol. The monoisotopic (exact) mass is 364 g/mol. The van der Waals surface area contributed by atoms with E-state index in [-0.39, 0.29) is 47.4 Å². The molecular formula is C16H28O6Ti. The van der Waals surface area contributed by atoms with Crippen molar-refractivity contribution in [2.75, 3.05) is 0 Å². The van der Waals surface area contributed by atoms with Gasteiger partial charge in [0.2, 0.25) is 0 Å². The zero-order valence-corrected chi connectivity index (χ0v) is 16.2. The van der Waals surface area contributed by atoms with Crippen LogP contribution in [0.4, 0.5) is 0 Å². The first-order valence-electron chi connectivity index (χ1n) is 7.97. The van der Waals surface area contributed by atoms with Gasteiger partial charge in [0.05, 0.1) is 0 Å². The van der Waals surface area contributed by atoms with Gasteiger partial charge >= 0.3 is 21.7 Å². The topological polar surface area (TPSA) is 126 Å². The molecule has 132 valence electrons. The molecule has 0 aromatic carbocycles. The van der Waals surface area contributed by atoms with Gasteiger partial charge in [0.1, 0.15) is 0 Å². The Balaban J connectivity index is -0.000000333. The van der Waals surface area contributed by atoms with Gasteiger partial charge in [0, 0.05) is 11.9 Å². The third-order valence-corrected chi connectivity index (χ3v) is 3.75. The maximum Gasteiger partial charge on any atom is 4.00 e. The molecule has 0 aliphatic heterocycles. The first-order chi connectivity index (χ1) is 10.1. The molecule has 0 radical (unpaired) electrons. The third kappa shape index (κ3) is 10.9. The Morgan fingerprint density at radius 1 is 0.739 bits per heavy atom. The van der Waals surface area contributed by atoms with Gasteiger partial charge in [-0.15, -0.1) is 0 Å². The SMILES string of the molecule is CCCCC([O-])(CC)C(=O)[O-].CCCCC([O-])(CC)C(=O)[O-].[Ti+4]. The average molecular weight is 364 g/mol. The first-order valence-corrected chi connectivity index (χ1v) is 7.97. The van der Waals surface area contributed by atoms with Crippen LogP contribution in [-0.2, 0) is 31.3 Å². The summed E-state index contributed by atoms with van der Waals surface area (Å²) >= 11 is 0. The van der Waals surface area contributed by atoms with Crippen molar-refractivity contribution >= 4 is 11.9 Å². The maximum absolute atomic E-state index is 11.3. The maximum atomic E-state index is 11.3. The minimum absolute atomic E-state index is 0. The molecule has 0 aromatic rings. The van der Waals surface area contributed by atoms with Gasteiger partial charge in [0.25, 0.3) is 0 Å². The Labute approximate surface area is 154 Å². The van der Waals surface area contributed by atoms with E-state index >= 15 is 0 Å². The molecule has 0 spiro atoms. The summed E-state index contributed by atoms with van der Waals surface area (Å²) in [7, 11) is 0. The molecule has 0 amide bonds. The van der Waals surface area contributed by atoms with Crippen LogP contribution in [0.3, 0.4) is 0 Å². The Morgan fingerprint density at radius 2 is 1.00 bits per heavy atom. The van der Waals surface area contributed by atoms with E-state index in [9.17, 15) is 30.0 Å². The van der Waals surface area contributed by atoms with Crippen LogP contribution in [-0.4, -0.2) is 23.1 Å². The smallest absolute Gasteiger partial charge is 0.845 e. The number of unbranched alkanes of at least 4 members (excludes halogenated alkanes) is 2. The van der Waals surface area contributed by atoms with Crippen LogP contribution in [0.15, 0.2) is 0 Å². The standard InChI is InChI=1S/2C8H15O3.Ti/c2*1-3-5-6-8(11,4-2)7(9)10;/h2*3-6H2,1-2H3,(H,9,10);/q2*-1;+4/p-2. The Kier molecular flexibility index (Phi) is 16.6. The van der Waals surface area contributed by atoms with Crippen molar-refractivity contribution in [2.45, 2.75) is 90.3 Å². The van der Waals surface area contributed by atoms with Crippen LogP contribution in [0, 0.1) is 0 Å². The summed E-state index contributed by atoms with van der Waals surface area (Å²) in [5, 5.41) is 43.2. The van der Waals surface area contributed by atoms with Crippen LogP contribution in [0.5, 0.6) is 0 Å². The molecular weight excluding hydrogens is 336 g/mol. The second kappa shape index (κ2) is 14.0. The molecule has 0 saturated heterocycles. The van der Waals surface area contributed by atoms with Crippen molar-refractivity contribution in [3.8, 4) is 0 Å². The van der Waals surface area contributed by atoms with Crippen molar-refractivity contribution in [3.63, 3.8) is 0 Å². The Morgan fingerprint density at radius 3 is 1.13 bits per heavy atom. The fraction of sp³-hybridized carbons (Fsp3) is 0.875. The van der Waals surface area contributed by atoms with Crippen LogP contribution in [0.25, 0.3) is 0 Å². The molecule has 2 unspecified atom stereocenters. The average Bonchev–Trinajstić information content (AvgIpc) is 2.50. The van der Waals surface area contributed by atoms with Gasteiger partial charge in [-0.2, -0.15) is 0 Å². The quantitative estimate of drug-likeness (QED) is 0.452. The molecule has 0 bridgehead atoms. The van der Waals surface area contributed by atoms with Crippen LogP contribution >= 0.6 is 0 Å². The molecule has 0 saturated carbocycles. The number of carbonyl (C=O) groups excluding carboxylic acids is 2. The van der Waals surface area contributed by atoms with E-state index in [4.69, 9.17) is 0 Å². The van der Waals surface area contributed by atoms with Gasteiger partial charge in [-0.3, -0.25) is 0 Å². The van der Waals surface area contributed by atoms with E-state index < -0.39 is 23.1 Å². The number of rotatable bonds is 10. The van der Waals surface area contributed by atoms with Crippen LogP contribution < -0.4 is 20.4 Å². The van der Waals surface area contributed by atoms with E-state index in [2.05, 4.69) is 0 Å². The summed E-state index contributed by atoms with van der Waals surface area (Å²) in [5.41, 5.74) is -3.70. The van der Waals surface area contributed by atoms with Gasteiger partial charge in [0.15, 0.2) is 0 Å². The summed E-state index contributed by atoms with van der Waals surface area (Å²) in [6, 6.07) is 0. The number of hydrogen-bond acceptors (Lipinski definition) is 6. The largest absolute Gasteiger partial charge is 4.00 e. The Hall–Kier alpha value is -0.426. The van der Waals surface area contributed by atoms with Gasteiger partial charge in [-0.25, -0.2) is 0 Å². The fourth-order valence-electron chi connectivity index (χ4n) is 1.77. The third-order valence-electron chi connectivity index (χ3n) is 3.75. The zero-order chi connectivity index (χ0) is 17.8. The summed E-state index contributed by atoms with van der Waals surface area (Å²) < 4.78 is 0. The van der Waals surface area contributed by atoms with Gasteiger partial charge < -0.3 is 30.0 Å². The van der Waals surface area contributed by atoms with E-state index in [1.807, 2.05) is 13.8 Å². The molecule has 0 aliphatic rings. The molecule has 0 fully saturated rings. The van der Waals surface area contributed by atoms with E-state index in [0.717, 1.165) is 12.8 Å². The van der Waals surface area contributed by atoms with Crippen molar-refractivity contribution < 1.29 is 51.7 Å². The molecule has 0 rings (SSSR count). The summed E-state index contributed by atoms with van der Waals surface area (Å²) in [5.74, 6) is -2.93. The second-order valence-corrected chi connectivity index (χ2v) is 5.48. The van der Waals surface area contributed by atoms with E-state index in [1.165, 1.54) is 0 Å². The minimum atomic E-state index is -1.85. The van der Waals surface area contributed by atoms with Crippen molar-refractivity contribution in [2.24, 2.45) is 0 Å². The van der Waals surface area contributed by atoms with E-state index in [1.54, 1.807) is 13.8 Å². The van der Waals surface area contributed by atoms with Gasteiger partial charge in [-0.1, -0.05) is 90.3 Å². The Bertz CT molecular complexity index is 305. The predicted octanol–water partition coefficient (Wildman–Crippen LogP) is -1.13. The molecule has 7 heteroatoms. The molecule has 0 N–H and O–H groups in total. The molecule has 0 aromatic heterocycles. The summed E-state index contributed by atoms with van der Waals surface area (Å²) in [6.07, 6.45) is 3.58. The van der Waals surface area contributed by atoms with E-state index in [0.29, 0.717) is 12.8 Å². The number of carboxylic acid groups (broad SMARTS) is 2. The van der Waals surface area contributed by atoms with Crippen molar-refractivity contribution in [1.29, 1.82) is 0 Å². The number of aliphatic carboxylic acids is 2. The second-order valence-electron chi connectivity index (χ2n) is 5.48. The van der Waals surface area contributed by atoms with Crippen LogP contribution in [0.2, 0.25) is 0 Å². The van der Waals surface area contributed by atoms with Crippen molar-refractivity contribution in [1.82, 2.24) is 0 Å². The zero-order valence-electron chi connectivity index (χ0n) is 14.6. The number of carboxylic acids is 2.